The van der Waals surface area contributed by atoms with Gasteiger partial charge in [-0.3, -0.25) is 0 Å². The van der Waals surface area contributed by atoms with Crippen molar-refractivity contribution < 1.29 is 10.2 Å². The first-order valence-electron chi connectivity index (χ1n) is 5.04. The molecule has 12 heavy (non-hydrogen) atoms. The van der Waals surface area contributed by atoms with Gasteiger partial charge in [-0.2, -0.15) is 0 Å². The standard InChI is InChI=1S/C10H20O2/c1-2-6-10(8-11)7-4-3-5-9(10)12/h9,11-12H,2-8H2,1H3. The molecule has 1 aliphatic carbocycles. The molecule has 1 saturated carbocycles. The van der Waals surface area contributed by atoms with Crippen LogP contribution in [0.2, 0.25) is 0 Å². The lowest BCUT2D eigenvalue weighted by atomic mass is 9.70. The predicted molar refractivity (Wildman–Crippen MR) is 48.9 cm³/mol. The molecule has 2 heteroatoms. The minimum Gasteiger partial charge on any atom is -0.396 e. The fourth-order valence-corrected chi connectivity index (χ4v) is 2.34. The first-order chi connectivity index (χ1) is 5.75. The lowest BCUT2D eigenvalue weighted by Gasteiger charge is -2.40. The average Bonchev–Trinajstić information content (AvgIpc) is 2.10. The number of aliphatic hydroxyl groups excluding tert-OH is 2. The normalized spacial score (nSPS) is 36.8. The molecule has 1 aliphatic rings. The van der Waals surface area contributed by atoms with Crippen LogP contribution in [0.5, 0.6) is 0 Å². The second-order valence-electron chi connectivity index (χ2n) is 4.03. The predicted octanol–water partition coefficient (Wildman–Crippen LogP) is 1.70. The lowest BCUT2D eigenvalue weighted by molar-refractivity contribution is -0.0532. The van der Waals surface area contributed by atoms with E-state index in [4.69, 9.17) is 0 Å². The van der Waals surface area contributed by atoms with Gasteiger partial charge in [-0.25, -0.2) is 0 Å². The highest BCUT2D eigenvalue weighted by molar-refractivity contribution is 4.88. The minimum atomic E-state index is -0.267. The Labute approximate surface area is 74.6 Å². The Balaban J connectivity index is 2.60. The summed E-state index contributed by atoms with van der Waals surface area (Å²) >= 11 is 0. The molecule has 0 aromatic rings. The molecule has 0 aromatic heterocycles. The monoisotopic (exact) mass is 172 g/mol. The molecule has 2 nitrogen and oxygen atoms in total. The van der Waals surface area contributed by atoms with Gasteiger partial charge in [0.05, 0.1) is 12.7 Å². The van der Waals surface area contributed by atoms with Crippen LogP contribution in [-0.2, 0) is 0 Å². The SMILES string of the molecule is CCCC1(CO)CCCCC1O. The summed E-state index contributed by atoms with van der Waals surface area (Å²) in [6.45, 7) is 2.26. The highest BCUT2D eigenvalue weighted by Gasteiger charge is 2.38. The van der Waals surface area contributed by atoms with Gasteiger partial charge in [0.25, 0.3) is 0 Å². The molecule has 2 N–H and O–H groups in total. The smallest absolute Gasteiger partial charge is 0.0618 e. The molecule has 1 rings (SSSR count). The summed E-state index contributed by atoms with van der Waals surface area (Å²) in [6.07, 6.45) is 5.90. The topological polar surface area (TPSA) is 40.5 Å². The molecule has 0 bridgehead atoms. The Kier molecular flexibility index (Phi) is 3.53. The quantitative estimate of drug-likeness (QED) is 0.680. The Hall–Kier alpha value is -0.0800. The molecular weight excluding hydrogens is 152 g/mol. The van der Waals surface area contributed by atoms with Crippen molar-refractivity contribution in [3.05, 3.63) is 0 Å². The summed E-state index contributed by atoms with van der Waals surface area (Å²) in [5.41, 5.74) is -0.160. The largest absolute Gasteiger partial charge is 0.396 e. The van der Waals surface area contributed by atoms with Crippen molar-refractivity contribution in [2.24, 2.45) is 5.41 Å². The molecule has 72 valence electrons. The molecule has 0 spiro atoms. The second kappa shape index (κ2) is 4.24. The molecule has 0 heterocycles. The van der Waals surface area contributed by atoms with E-state index in [9.17, 15) is 10.2 Å². The van der Waals surface area contributed by atoms with Gasteiger partial charge in [-0.05, 0) is 19.3 Å². The van der Waals surface area contributed by atoms with Gasteiger partial charge in [-0.15, -0.1) is 0 Å². The van der Waals surface area contributed by atoms with Crippen molar-refractivity contribution in [3.63, 3.8) is 0 Å². The van der Waals surface area contributed by atoms with Gasteiger partial charge in [0.15, 0.2) is 0 Å². The maximum absolute atomic E-state index is 9.79. The molecule has 0 radical (unpaired) electrons. The Bertz CT molecular complexity index is 132. The van der Waals surface area contributed by atoms with E-state index < -0.39 is 0 Å². The van der Waals surface area contributed by atoms with Crippen LogP contribution < -0.4 is 0 Å². The van der Waals surface area contributed by atoms with E-state index in [1.807, 2.05) is 0 Å². The zero-order valence-electron chi connectivity index (χ0n) is 7.92. The molecule has 2 unspecified atom stereocenters. The van der Waals surface area contributed by atoms with E-state index in [0.717, 1.165) is 38.5 Å². The van der Waals surface area contributed by atoms with E-state index in [0.29, 0.717) is 0 Å². The Morgan fingerprint density at radius 2 is 2.17 bits per heavy atom. The van der Waals surface area contributed by atoms with Crippen molar-refractivity contribution >= 4 is 0 Å². The van der Waals surface area contributed by atoms with Crippen molar-refractivity contribution in [1.29, 1.82) is 0 Å². The first-order valence-corrected chi connectivity index (χ1v) is 5.04. The van der Waals surface area contributed by atoms with Crippen LogP contribution in [0, 0.1) is 5.41 Å². The fraction of sp³-hybridized carbons (Fsp3) is 1.00. The van der Waals surface area contributed by atoms with Gasteiger partial charge in [-0.1, -0.05) is 26.2 Å². The molecule has 2 atom stereocenters. The Morgan fingerprint density at radius 1 is 1.42 bits per heavy atom. The van der Waals surface area contributed by atoms with E-state index in [2.05, 4.69) is 6.92 Å². The van der Waals surface area contributed by atoms with Gasteiger partial charge >= 0.3 is 0 Å². The lowest BCUT2D eigenvalue weighted by Crippen LogP contribution is -2.41. The summed E-state index contributed by atoms with van der Waals surface area (Å²) in [6, 6.07) is 0. The van der Waals surface area contributed by atoms with Crippen molar-refractivity contribution in [2.45, 2.75) is 51.6 Å². The van der Waals surface area contributed by atoms with Crippen LogP contribution in [0.1, 0.15) is 45.4 Å². The van der Waals surface area contributed by atoms with Crippen LogP contribution in [0.25, 0.3) is 0 Å². The molecule has 1 fully saturated rings. The van der Waals surface area contributed by atoms with Gasteiger partial charge in [0.2, 0.25) is 0 Å². The number of hydrogen-bond donors (Lipinski definition) is 2. The maximum Gasteiger partial charge on any atom is 0.0618 e. The number of rotatable bonds is 3. The molecule has 0 saturated heterocycles. The summed E-state index contributed by atoms with van der Waals surface area (Å²) in [5.74, 6) is 0. The van der Waals surface area contributed by atoms with Crippen molar-refractivity contribution in [3.8, 4) is 0 Å². The van der Waals surface area contributed by atoms with Crippen molar-refractivity contribution in [1.82, 2.24) is 0 Å². The number of hydrogen-bond acceptors (Lipinski definition) is 2. The minimum absolute atomic E-state index is 0.155. The van der Waals surface area contributed by atoms with E-state index in [1.165, 1.54) is 0 Å². The number of aliphatic hydroxyl groups is 2. The van der Waals surface area contributed by atoms with Crippen LogP contribution in [0.15, 0.2) is 0 Å². The summed E-state index contributed by atoms with van der Waals surface area (Å²) in [4.78, 5) is 0. The summed E-state index contributed by atoms with van der Waals surface area (Å²) in [5, 5.41) is 19.1. The maximum atomic E-state index is 9.79. The summed E-state index contributed by atoms with van der Waals surface area (Å²) in [7, 11) is 0. The van der Waals surface area contributed by atoms with Crippen molar-refractivity contribution in [2.75, 3.05) is 6.61 Å². The first kappa shape index (κ1) is 10.0. The molecular formula is C10H20O2. The second-order valence-corrected chi connectivity index (χ2v) is 4.03. The van der Waals surface area contributed by atoms with Crippen LogP contribution >= 0.6 is 0 Å². The summed E-state index contributed by atoms with van der Waals surface area (Å²) < 4.78 is 0. The molecule has 0 aromatic carbocycles. The highest BCUT2D eigenvalue weighted by atomic mass is 16.3. The third-order valence-electron chi connectivity index (χ3n) is 3.17. The van der Waals surface area contributed by atoms with E-state index in [-0.39, 0.29) is 18.1 Å². The van der Waals surface area contributed by atoms with Gasteiger partial charge < -0.3 is 10.2 Å². The third-order valence-corrected chi connectivity index (χ3v) is 3.17. The van der Waals surface area contributed by atoms with E-state index >= 15 is 0 Å². The van der Waals surface area contributed by atoms with Crippen LogP contribution in [0.4, 0.5) is 0 Å². The zero-order valence-corrected chi connectivity index (χ0v) is 7.92. The third kappa shape index (κ3) is 1.80. The van der Waals surface area contributed by atoms with Crippen LogP contribution in [-0.4, -0.2) is 22.9 Å². The zero-order chi connectivity index (χ0) is 9.03. The van der Waals surface area contributed by atoms with Gasteiger partial charge in [0.1, 0.15) is 0 Å². The van der Waals surface area contributed by atoms with Gasteiger partial charge in [0, 0.05) is 5.41 Å². The highest BCUT2D eigenvalue weighted by Crippen LogP contribution is 2.39. The molecule has 0 aliphatic heterocycles. The average molecular weight is 172 g/mol. The van der Waals surface area contributed by atoms with Crippen LogP contribution in [0.3, 0.4) is 0 Å². The fourth-order valence-electron chi connectivity index (χ4n) is 2.34. The Morgan fingerprint density at radius 3 is 2.67 bits per heavy atom. The molecule has 0 amide bonds. The van der Waals surface area contributed by atoms with E-state index in [1.54, 1.807) is 0 Å².